The van der Waals surface area contributed by atoms with Crippen molar-refractivity contribution in [3.05, 3.63) is 64.7 Å². The first-order chi connectivity index (χ1) is 21.1. The fourth-order valence-electron chi connectivity index (χ4n) is 4.49. The molecular formula is C33H51B3N6O2. The van der Waals surface area contributed by atoms with Crippen molar-refractivity contribution in [1.29, 1.82) is 5.41 Å². The van der Waals surface area contributed by atoms with Crippen LogP contribution in [0.15, 0.2) is 42.5 Å². The summed E-state index contributed by atoms with van der Waals surface area (Å²) in [6, 6.07) is 14.5. The van der Waals surface area contributed by atoms with Gasteiger partial charge in [-0.05, 0) is 96.6 Å². The van der Waals surface area contributed by atoms with Gasteiger partial charge < -0.3 is 31.6 Å². The van der Waals surface area contributed by atoms with Crippen molar-refractivity contribution in [2.24, 2.45) is 0 Å². The van der Waals surface area contributed by atoms with Gasteiger partial charge >= 0.3 is 0 Å². The van der Waals surface area contributed by atoms with E-state index < -0.39 is 5.24 Å². The number of hydrogen-bond donors (Lipinski definition) is 5. The van der Waals surface area contributed by atoms with E-state index in [4.69, 9.17) is 28.9 Å². The molecule has 3 heterocycles. The Morgan fingerprint density at radius 1 is 0.909 bits per heavy atom. The molecule has 0 spiro atoms. The summed E-state index contributed by atoms with van der Waals surface area (Å²) < 4.78 is 0. The van der Waals surface area contributed by atoms with Crippen LogP contribution in [0.25, 0.3) is 0 Å². The molecule has 2 aromatic carbocycles. The van der Waals surface area contributed by atoms with Crippen molar-refractivity contribution >= 4 is 48.3 Å². The Bertz CT molecular complexity index is 1020. The molecule has 0 bridgehead atoms. The van der Waals surface area contributed by atoms with Crippen LogP contribution in [0.4, 0.5) is 5.69 Å². The van der Waals surface area contributed by atoms with Gasteiger partial charge in [0.15, 0.2) is 0 Å². The first-order valence-electron chi connectivity index (χ1n) is 15.7. The fraction of sp³-hybridized carbons (Fsp3) is 0.545. The number of anilines is 1. The monoisotopic (exact) mass is 596 g/mol. The normalized spacial score (nSPS) is 17.0. The van der Waals surface area contributed by atoms with Crippen LogP contribution in [-0.2, 0) is 16.1 Å². The maximum Gasteiger partial charge on any atom is 0.209 e. The van der Waals surface area contributed by atoms with E-state index in [1.807, 2.05) is 0 Å². The van der Waals surface area contributed by atoms with E-state index in [0.717, 1.165) is 37.3 Å². The van der Waals surface area contributed by atoms with E-state index in [0.29, 0.717) is 24.2 Å². The largest absolute Gasteiger partial charge is 0.404 e. The van der Waals surface area contributed by atoms with Gasteiger partial charge in [0.2, 0.25) is 12.8 Å². The zero-order valence-corrected chi connectivity index (χ0v) is 27.0. The summed E-state index contributed by atoms with van der Waals surface area (Å²) >= 11 is 0. The average Bonchev–Trinajstić information content (AvgIpc) is 3.74. The molecule has 3 saturated heterocycles. The van der Waals surface area contributed by atoms with Crippen LogP contribution in [-0.4, -0.2) is 91.5 Å². The van der Waals surface area contributed by atoms with Crippen LogP contribution < -0.4 is 21.3 Å². The van der Waals surface area contributed by atoms with Crippen LogP contribution in [0.5, 0.6) is 0 Å². The first-order valence-corrected chi connectivity index (χ1v) is 15.7. The minimum Gasteiger partial charge on any atom is -0.404 e. The molecule has 234 valence electrons. The number of piperidine rings is 1. The number of benzene rings is 2. The van der Waals surface area contributed by atoms with Gasteiger partial charge in [-0.1, -0.05) is 53.1 Å². The van der Waals surface area contributed by atoms with E-state index in [9.17, 15) is 9.59 Å². The Hall–Kier alpha value is -3.04. The molecule has 3 aliphatic heterocycles. The van der Waals surface area contributed by atoms with E-state index in [2.05, 4.69) is 66.3 Å². The molecular weight excluding hydrogens is 545 g/mol. The predicted molar refractivity (Wildman–Crippen MR) is 187 cm³/mol. The lowest BCUT2D eigenvalue weighted by Gasteiger charge is -2.25. The van der Waals surface area contributed by atoms with E-state index in [-0.39, 0.29) is 0 Å². The Labute approximate surface area is 270 Å². The smallest absolute Gasteiger partial charge is 0.209 e. The van der Waals surface area contributed by atoms with E-state index in [1.165, 1.54) is 75.7 Å². The van der Waals surface area contributed by atoms with E-state index in [1.54, 1.807) is 23.1 Å². The van der Waals surface area contributed by atoms with E-state index >= 15 is 0 Å². The van der Waals surface area contributed by atoms with Gasteiger partial charge in [0.25, 0.3) is 0 Å². The molecule has 8 nitrogen and oxygen atoms in total. The average molecular weight is 596 g/mol. The molecule has 44 heavy (non-hydrogen) atoms. The number of rotatable bonds is 7. The Balaban J connectivity index is 0.000000299. The molecule has 2 amide bonds. The molecule has 0 aromatic heterocycles. The molecule has 3 aliphatic rings. The van der Waals surface area contributed by atoms with Crippen LogP contribution >= 0.6 is 0 Å². The van der Waals surface area contributed by atoms with Gasteiger partial charge in [0.05, 0.1) is 23.5 Å². The van der Waals surface area contributed by atoms with Crippen molar-refractivity contribution in [3.8, 4) is 0 Å². The summed E-state index contributed by atoms with van der Waals surface area (Å²) in [5.41, 5.74) is 4.66. The third-order valence-electron chi connectivity index (χ3n) is 7.03. The number of carbonyl (C=O) groups excluding carboxylic acids is 2. The highest BCUT2D eigenvalue weighted by atomic mass is 16.1. The predicted octanol–water partition coefficient (Wildman–Crippen LogP) is 3.52. The topological polar surface area (TPSA) is 109 Å². The SMILES string of the molecule is C1CCNCC1.CC1CCCN1.Cc1ccc(C)cc1.O=CN1CCCC1.[B]C([B])([B])Nc1ccc(CNC=O)cc1C=N. The van der Waals surface area contributed by atoms with Crippen molar-refractivity contribution in [2.75, 3.05) is 38.0 Å². The van der Waals surface area contributed by atoms with Gasteiger partial charge in [0, 0.05) is 43.1 Å². The lowest BCUT2D eigenvalue weighted by molar-refractivity contribution is -0.117. The highest BCUT2D eigenvalue weighted by molar-refractivity contribution is 6.60. The Morgan fingerprint density at radius 3 is 1.86 bits per heavy atom. The van der Waals surface area contributed by atoms with Gasteiger partial charge in [0.1, 0.15) is 0 Å². The van der Waals surface area contributed by atoms with Crippen molar-refractivity contribution in [2.45, 2.75) is 83.5 Å². The molecule has 3 fully saturated rings. The summed E-state index contributed by atoms with van der Waals surface area (Å²) in [5.74, 6) is 0. The second-order valence-corrected chi connectivity index (χ2v) is 11.4. The minimum atomic E-state index is -1.54. The van der Waals surface area contributed by atoms with Crippen LogP contribution in [0.2, 0.25) is 0 Å². The molecule has 11 heteroatoms. The van der Waals surface area contributed by atoms with Crippen LogP contribution in [0.1, 0.15) is 74.1 Å². The zero-order valence-electron chi connectivity index (χ0n) is 27.0. The second-order valence-electron chi connectivity index (χ2n) is 11.4. The molecule has 0 aliphatic carbocycles. The number of aryl methyl sites for hydroxylation is 2. The van der Waals surface area contributed by atoms with Crippen molar-refractivity contribution in [1.82, 2.24) is 20.9 Å². The first kappa shape index (κ1) is 39.0. The quantitative estimate of drug-likeness (QED) is 0.191. The summed E-state index contributed by atoms with van der Waals surface area (Å²) in [6.45, 7) is 12.5. The molecule has 2 aromatic rings. The molecule has 0 saturated carbocycles. The number of likely N-dealkylation sites (tertiary alicyclic amines) is 1. The van der Waals surface area contributed by atoms with Gasteiger partial charge in [-0.3, -0.25) is 9.59 Å². The zero-order chi connectivity index (χ0) is 32.6. The summed E-state index contributed by atoms with van der Waals surface area (Å²) in [5, 5.41) is 17.6. The standard InChI is InChI=1S/C10H10B3N3O.C8H10.C5H9NO.2C5H11N/c11-10(12,13)16-9-2-1-7(5-15-6-17)3-8(9)4-14;1-7-3-5-8(2)6-4-7;7-5-6-3-1-2-4-6;1-5-3-2-4-6-5;1-2-4-6-5-3-1/h1-4,6,14,16H,5H2,(H,15,17);3-6H,1-2H3;5H,1-4H2;5-6H,2-4H2,1H3;6H,1-5H2. The minimum absolute atomic E-state index is 0.392. The van der Waals surface area contributed by atoms with Gasteiger partial charge in [-0.15, -0.1) is 0 Å². The van der Waals surface area contributed by atoms with Gasteiger partial charge in [-0.2, -0.15) is 0 Å². The van der Waals surface area contributed by atoms with Crippen LogP contribution in [0.3, 0.4) is 0 Å². The highest BCUT2D eigenvalue weighted by Crippen LogP contribution is 2.17. The fourth-order valence-corrected chi connectivity index (χ4v) is 4.49. The molecule has 1 unspecified atom stereocenters. The maximum absolute atomic E-state index is 10.2. The number of nitrogens with zero attached hydrogens (tertiary/aromatic N) is 1. The number of nitrogens with one attached hydrogen (secondary N) is 5. The molecule has 6 radical (unpaired) electrons. The lowest BCUT2D eigenvalue weighted by Crippen LogP contribution is -2.40. The highest BCUT2D eigenvalue weighted by Gasteiger charge is 2.11. The Kier molecular flexibility index (Phi) is 20.7. The van der Waals surface area contributed by atoms with Crippen molar-refractivity contribution < 1.29 is 9.59 Å². The summed E-state index contributed by atoms with van der Waals surface area (Å²) in [7, 11) is 16.3. The lowest BCUT2D eigenvalue weighted by atomic mass is 9.49. The third kappa shape index (κ3) is 20.0. The number of amides is 2. The summed E-state index contributed by atoms with van der Waals surface area (Å²) in [4.78, 5) is 21.9. The second kappa shape index (κ2) is 23.4. The maximum atomic E-state index is 10.2. The van der Waals surface area contributed by atoms with Crippen molar-refractivity contribution in [3.63, 3.8) is 0 Å². The number of carbonyl (C=O) groups is 2. The molecule has 5 N–H and O–H groups in total. The number of hydrogen-bond acceptors (Lipinski definition) is 6. The molecule has 1 atom stereocenters. The Morgan fingerprint density at radius 2 is 1.52 bits per heavy atom. The molecule has 5 rings (SSSR count). The summed E-state index contributed by atoms with van der Waals surface area (Å²) in [6.07, 6.45) is 12.0. The van der Waals surface area contributed by atoms with Gasteiger partial charge in [-0.25, -0.2) is 0 Å². The van der Waals surface area contributed by atoms with Crippen LogP contribution in [0, 0.1) is 19.3 Å². The third-order valence-corrected chi connectivity index (χ3v) is 7.03.